The molecule has 3 rings (SSSR count). The first-order valence-corrected chi connectivity index (χ1v) is 7.97. The molecule has 1 aromatic carbocycles. The number of hydrogen-bond acceptors (Lipinski definition) is 4. The van der Waals surface area contributed by atoms with Gasteiger partial charge in [-0.05, 0) is 17.7 Å². The lowest BCUT2D eigenvalue weighted by atomic mass is 10.1. The molecule has 1 aromatic heterocycles. The van der Waals surface area contributed by atoms with Gasteiger partial charge < -0.3 is 10.6 Å². The molecule has 23 heavy (non-hydrogen) atoms. The Balaban J connectivity index is 1.57. The van der Waals surface area contributed by atoms with Crippen molar-refractivity contribution in [3.63, 3.8) is 0 Å². The van der Waals surface area contributed by atoms with Crippen molar-refractivity contribution in [3.8, 4) is 0 Å². The molecular formula is C18H22N4O. The number of piperazine rings is 1. The summed E-state index contributed by atoms with van der Waals surface area (Å²) in [6, 6.07) is 14.0. The summed E-state index contributed by atoms with van der Waals surface area (Å²) in [6.07, 6.45) is 1.65. The van der Waals surface area contributed by atoms with E-state index < -0.39 is 0 Å². The first-order valence-electron chi connectivity index (χ1n) is 7.97. The van der Waals surface area contributed by atoms with Crippen LogP contribution in [0.1, 0.15) is 21.6 Å². The van der Waals surface area contributed by atoms with Crippen molar-refractivity contribution in [2.24, 2.45) is 5.73 Å². The molecule has 0 spiro atoms. The lowest BCUT2D eigenvalue weighted by Crippen LogP contribution is -2.48. The Labute approximate surface area is 136 Å². The Kier molecular flexibility index (Phi) is 5.00. The van der Waals surface area contributed by atoms with E-state index >= 15 is 0 Å². The molecule has 5 heteroatoms. The van der Waals surface area contributed by atoms with Crippen LogP contribution in [0.15, 0.2) is 48.7 Å². The molecule has 1 fully saturated rings. The van der Waals surface area contributed by atoms with Crippen molar-refractivity contribution in [1.82, 2.24) is 14.8 Å². The van der Waals surface area contributed by atoms with Crippen LogP contribution >= 0.6 is 0 Å². The average molecular weight is 310 g/mol. The summed E-state index contributed by atoms with van der Waals surface area (Å²) in [5.41, 5.74) is 8.34. The molecule has 1 saturated heterocycles. The van der Waals surface area contributed by atoms with E-state index in [9.17, 15) is 4.79 Å². The molecule has 0 saturated carbocycles. The first kappa shape index (κ1) is 15.6. The Morgan fingerprint density at radius 1 is 1.09 bits per heavy atom. The fourth-order valence-electron chi connectivity index (χ4n) is 2.86. The highest BCUT2D eigenvalue weighted by Crippen LogP contribution is 2.12. The summed E-state index contributed by atoms with van der Waals surface area (Å²) in [4.78, 5) is 21.0. The van der Waals surface area contributed by atoms with Gasteiger partial charge in [0.15, 0.2) is 0 Å². The second-order valence-corrected chi connectivity index (χ2v) is 5.79. The molecule has 1 aliphatic heterocycles. The van der Waals surface area contributed by atoms with Crippen LogP contribution in [0.4, 0.5) is 0 Å². The number of carbonyl (C=O) groups is 1. The van der Waals surface area contributed by atoms with Crippen molar-refractivity contribution in [3.05, 3.63) is 65.5 Å². The molecule has 0 unspecified atom stereocenters. The molecule has 2 N–H and O–H groups in total. The lowest BCUT2D eigenvalue weighted by Gasteiger charge is -2.34. The molecule has 1 aliphatic rings. The number of aromatic nitrogens is 1. The number of rotatable bonds is 4. The summed E-state index contributed by atoms with van der Waals surface area (Å²) in [5, 5.41) is 0. The zero-order chi connectivity index (χ0) is 16.1. The van der Waals surface area contributed by atoms with Crippen molar-refractivity contribution in [1.29, 1.82) is 0 Å². The van der Waals surface area contributed by atoms with E-state index in [1.165, 1.54) is 5.56 Å². The van der Waals surface area contributed by atoms with Gasteiger partial charge in [-0.25, -0.2) is 0 Å². The maximum atomic E-state index is 12.6. The monoisotopic (exact) mass is 310 g/mol. The van der Waals surface area contributed by atoms with E-state index in [0.29, 0.717) is 12.1 Å². The number of hydrogen-bond donors (Lipinski definition) is 1. The predicted molar refractivity (Wildman–Crippen MR) is 89.8 cm³/mol. The third-order valence-electron chi connectivity index (χ3n) is 4.18. The van der Waals surface area contributed by atoms with Gasteiger partial charge in [0.25, 0.3) is 5.91 Å². The van der Waals surface area contributed by atoms with E-state index in [1.54, 1.807) is 18.3 Å². The molecule has 5 nitrogen and oxygen atoms in total. The molecule has 0 bridgehead atoms. The smallest absolute Gasteiger partial charge is 0.254 e. The summed E-state index contributed by atoms with van der Waals surface area (Å²) in [6.45, 7) is 4.60. The maximum absolute atomic E-state index is 12.6. The number of carbonyl (C=O) groups excluding carboxylic acids is 1. The van der Waals surface area contributed by atoms with Crippen LogP contribution < -0.4 is 5.73 Å². The van der Waals surface area contributed by atoms with Crippen LogP contribution in [0.5, 0.6) is 0 Å². The fraction of sp³-hybridized carbons (Fsp3) is 0.333. The molecule has 2 aromatic rings. The van der Waals surface area contributed by atoms with Gasteiger partial charge in [-0.15, -0.1) is 0 Å². The Hall–Kier alpha value is -2.24. The van der Waals surface area contributed by atoms with E-state index in [2.05, 4.69) is 34.1 Å². The third kappa shape index (κ3) is 3.94. The third-order valence-corrected chi connectivity index (χ3v) is 4.18. The van der Waals surface area contributed by atoms with Gasteiger partial charge in [0.05, 0.1) is 5.69 Å². The highest BCUT2D eigenvalue weighted by Gasteiger charge is 2.22. The van der Waals surface area contributed by atoms with Crippen molar-refractivity contribution in [2.75, 3.05) is 26.2 Å². The summed E-state index contributed by atoms with van der Waals surface area (Å²) in [5.74, 6) is 0.0708. The number of nitrogens with zero attached hydrogens (tertiary/aromatic N) is 3. The highest BCUT2D eigenvalue weighted by atomic mass is 16.2. The zero-order valence-electron chi connectivity index (χ0n) is 13.2. The van der Waals surface area contributed by atoms with Crippen LogP contribution in [0.3, 0.4) is 0 Å². The number of pyridine rings is 1. The molecular weight excluding hydrogens is 288 g/mol. The normalized spacial score (nSPS) is 15.6. The van der Waals surface area contributed by atoms with Crippen molar-refractivity contribution in [2.45, 2.75) is 13.1 Å². The van der Waals surface area contributed by atoms with Gasteiger partial charge in [0.2, 0.25) is 0 Å². The molecule has 2 heterocycles. The van der Waals surface area contributed by atoms with Gasteiger partial charge in [-0.3, -0.25) is 14.7 Å². The molecule has 0 radical (unpaired) electrons. The number of nitrogens with two attached hydrogens (primary N) is 1. The molecule has 1 amide bonds. The first-order chi connectivity index (χ1) is 11.3. The van der Waals surface area contributed by atoms with Crippen LogP contribution in [0, 0.1) is 0 Å². The minimum Gasteiger partial charge on any atom is -0.336 e. The Morgan fingerprint density at radius 3 is 2.52 bits per heavy atom. The van der Waals surface area contributed by atoms with E-state index in [0.717, 1.165) is 38.4 Å². The summed E-state index contributed by atoms with van der Waals surface area (Å²) in [7, 11) is 0. The van der Waals surface area contributed by atoms with Crippen LogP contribution in [-0.4, -0.2) is 46.9 Å². The lowest BCUT2D eigenvalue weighted by molar-refractivity contribution is 0.0628. The van der Waals surface area contributed by atoms with E-state index in [1.807, 2.05) is 11.0 Å². The molecule has 0 atom stereocenters. The zero-order valence-corrected chi connectivity index (χ0v) is 13.2. The van der Waals surface area contributed by atoms with Crippen LogP contribution in [-0.2, 0) is 13.1 Å². The molecule has 120 valence electrons. The SMILES string of the molecule is NCc1cc(C(=O)N2CCN(Cc3ccccc3)CC2)ccn1. The second-order valence-electron chi connectivity index (χ2n) is 5.79. The molecule has 0 aliphatic carbocycles. The summed E-state index contributed by atoms with van der Waals surface area (Å²) < 4.78 is 0. The average Bonchev–Trinajstić information content (AvgIpc) is 2.63. The van der Waals surface area contributed by atoms with Gasteiger partial charge in [-0.1, -0.05) is 30.3 Å². The minimum absolute atomic E-state index is 0.0708. The number of benzene rings is 1. The minimum atomic E-state index is 0.0708. The second kappa shape index (κ2) is 7.35. The van der Waals surface area contributed by atoms with Crippen LogP contribution in [0.2, 0.25) is 0 Å². The van der Waals surface area contributed by atoms with Gasteiger partial charge in [0.1, 0.15) is 0 Å². The van der Waals surface area contributed by atoms with Crippen molar-refractivity contribution >= 4 is 5.91 Å². The van der Waals surface area contributed by atoms with Gasteiger partial charge in [0, 0.05) is 51.0 Å². The van der Waals surface area contributed by atoms with Gasteiger partial charge >= 0.3 is 0 Å². The topological polar surface area (TPSA) is 62.5 Å². The fourth-order valence-corrected chi connectivity index (χ4v) is 2.86. The van der Waals surface area contributed by atoms with Crippen LogP contribution in [0.25, 0.3) is 0 Å². The highest BCUT2D eigenvalue weighted by molar-refractivity contribution is 5.94. The Morgan fingerprint density at radius 2 is 1.83 bits per heavy atom. The Bertz CT molecular complexity index is 651. The van der Waals surface area contributed by atoms with E-state index in [-0.39, 0.29) is 5.91 Å². The number of amides is 1. The summed E-state index contributed by atoms with van der Waals surface area (Å²) >= 11 is 0. The predicted octanol–water partition coefficient (Wildman–Crippen LogP) is 1.50. The standard InChI is InChI=1S/C18H22N4O/c19-13-17-12-16(6-7-20-17)18(23)22-10-8-21(9-11-22)14-15-4-2-1-3-5-15/h1-7,12H,8-11,13-14,19H2. The van der Waals surface area contributed by atoms with Gasteiger partial charge in [-0.2, -0.15) is 0 Å². The quantitative estimate of drug-likeness (QED) is 0.929. The van der Waals surface area contributed by atoms with E-state index in [4.69, 9.17) is 5.73 Å². The largest absolute Gasteiger partial charge is 0.336 e. The maximum Gasteiger partial charge on any atom is 0.254 e. The van der Waals surface area contributed by atoms with Crippen molar-refractivity contribution < 1.29 is 4.79 Å².